The van der Waals surface area contributed by atoms with Gasteiger partial charge in [-0.1, -0.05) is 18.5 Å². The summed E-state index contributed by atoms with van der Waals surface area (Å²) in [6, 6.07) is 0. The molecule has 1 fully saturated rings. The number of amides is 1. The van der Waals surface area contributed by atoms with Gasteiger partial charge in [0, 0.05) is 32.3 Å². The fraction of sp³-hybridized carbons (Fsp3) is 0.667. The Kier molecular flexibility index (Phi) is 3.38. The lowest BCUT2D eigenvalue weighted by Crippen LogP contribution is -2.51. The summed E-state index contributed by atoms with van der Waals surface area (Å²) in [7, 11) is 1.73. The van der Waals surface area contributed by atoms with E-state index in [1.807, 2.05) is 13.8 Å². The van der Waals surface area contributed by atoms with Gasteiger partial charge in [-0.2, -0.15) is 5.10 Å². The van der Waals surface area contributed by atoms with Crippen LogP contribution in [0.2, 0.25) is 5.02 Å². The summed E-state index contributed by atoms with van der Waals surface area (Å²) in [5, 5.41) is 14.5. The zero-order valence-electron chi connectivity index (χ0n) is 10.9. The molecule has 2 rings (SSSR count). The number of aliphatic hydroxyl groups is 1. The normalized spacial score (nSPS) is 28.5. The number of hydrogen-bond acceptors (Lipinski definition) is 3. The highest BCUT2D eigenvalue weighted by atomic mass is 35.5. The Bertz CT molecular complexity index is 470. The van der Waals surface area contributed by atoms with E-state index in [1.165, 1.54) is 4.68 Å². The standard InChI is InChI=1S/C12H18ClN3O2/c1-8-6-16(5-4-12(8,2)18)11(17)10-9(13)7-15(3)14-10/h7-8,18H,4-6H2,1-3H3/t8-,12+/m1/s1. The van der Waals surface area contributed by atoms with E-state index < -0.39 is 5.60 Å². The molecule has 0 saturated carbocycles. The van der Waals surface area contributed by atoms with E-state index >= 15 is 0 Å². The molecule has 0 radical (unpaired) electrons. The van der Waals surface area contributed by atoms with Gasteiger partial charge in [0.1, 0.15) is 0 Å². The van der Waals surface area contributed by atoms with Crippen molar-refractivity contribution < 1.29 is 9.90 Å². The van der Waals surface area contributed by atoms with Crippen LogP contribution in [0.3, 0.4) is 0 Å². The third kappa shape index (κ3) is 2.37. The highest BCUT2D eigenvalue weighted by Crippen LogP contribution is 2.28. The van der Waals surface area contributed by atoms with Crippen LogP contribution >= 0.6 is 11.6 Å². The van der Waals surface area contributed by atoms with Crippen molar-refractivity contribution in [1.82, 2.24) is 14.7 Å². The minimum absolute atomic E-state index is 0.0395. The third-order valence-corrected chi connectivity index (χ3v) is 3.99. The number of nitrogens with zero attached hydrogens (tertiary/aromatic N) is 3. The largest absolute Gasteiger partial charge is 0.390 e. The summed E-state index contributed by atoms with van der Waals surface area (Å²) in [6.07, 6.45) is 2.18. The average Bonchev–Trinajstić information content (AvgIpc) is 2.61. The number of hydrogen-bond donors (Lipinski definition) is 1. The zero-order chi connectivity index (χ0) is 13.5. The first-order valence-electron chi connectivity index (χ1n) is 6.02. The lowest BCUT2D eigenvalue weighted by molar-refractivity contribution is -0.0440. The van der Waals surface area contributed by atoms with E-state index in [1.54, 1.807) is 18.1 Å². The molecule has 2 heterocycles. The van der Waals surface area contributed by atoms with Gasteiger partial charge in [-0.3, -0.25) is 9.48 Å². The van der Waals surface area contributed by atoms with Crippen LogP contribution in [0.15, 0.2) is 6.20 Å². The highest BCUT2D eigenvalue weighted by Gasteiger charge is 2.37. The van der Waals surface area contributed by atoms with Crippen LogP contribution in [-0.4, -0.2) is 44.4 Å². The second-order valence-corrected chi connectivity index (χ2v) is 5.67. The molecule has 1 saturated heterocycles. The Morgan fingerprint density at radius 2 is 2.33 bits per heavy atom. The Labute approximate surface area is 111 Å². The molecule has 1 aromatic rings. The molecule has 0 aromatic carbocycles. The Hall–Kier alpha value is -1.07. The second-order valence-electron chi connectivity index (χ2n) is 5.26. The van der Waals surface area contributed by atoms with Crippen molar-refractivity contribution in [2.75, 3.05) is 13.1 Å². The van der Waals surface area contributed by atoms with E-state index in [2.05, 4.69) is 5.10 Å². The molecule has 18 heavy (non-hydrogen) atoms. The molecule has 2 atom stereocenters. The van der Waals surface area contributed by atoms with Crippen molar-refractivity contribution in [1.29, 1.82) is 0 Å². The number of carbonyl (C=O) groups excluding carboxylic acids is 1. The number of aryl methyl sites for hydroxylation is 1. The molecule has 0 bridgehead atoms. The maximum Gasteiger partial charge on any atom is 0.275 e. The smallest absolute Gasteiger partial charge is 0.275 e. The summed E-state index contributed by atoms with van der Waals surface area (Å²) in [4.78, 5) is 14.0. The molecule has 1 N–H and O–H groups in total. The molecule has 100 valence electrons. The Balaban J connectivity index is 2.14. The molecule has 6 heteroatoms. The summed E-state index contributed by atoms with van der Waals surface area (Å²) >= 11 is 5.97. The van der Waals surface area contributed by atoms with Crippen molar-refractivity contribution in [3.8, 4) is 0 Å². The van der Waals surface area contributed by atoms with Gasteiger partial charge in [-0.05, 0) is 13.3 Å². The lowest BCUT2D eigenvalue weighted by Gasteiger charge is -2.40. The van der Waals surface area contributed by atoms with Crippen molar-refractivity contribution in [2.24, 2.45) is 13.0 Å². The Morgan fingerprint density at radius 3 is 2.83 bits per heavy atom. The minimum atomic E-state index is -0.704. The molecule has 0 spiro atoms. The molecule has 1 aliphatic heterocycles. The average molecular weight is 272 g/mol. The molecule has 1 aliphatic rings. The molecule has 0 aliphatic carbocycles. The number of aromatic nitrogens is 2. The van der Waals surface area contributed by atoms with Crippen LogP contribution in [0.4, 0.5) is 0 Å². The van der Waals surface area contributed by atoms with Gasteiger partial charge in [-0.25, -0.2) is 0 Å². The summed E-state index contributed by atoms with van der Waals surface area (Å²) in [5.74, 6) is -0.124. The van der Waals surface area contributed by atoms with Crippen molar-refractivity contribution in [2.45, 2.75) is 25.9 Å². The highest BCUT2D eigenvalue weighted by molar-refractivity contribution is 6.33. The maximum absolute atomic E-state index is 12.3. The SMILES string of the molecule is C[C@@H]1CN(C(=O)c2nn(C)cc2Cl)CC[C@]1(C)O. The third-order valence-electron chi connectivity index (χ3n) is 3.72. The summed E-state index contributed by atoms with van der Waals surface area (Å²) < 4.78 is 1.53. The summed E-state index contributed by atoms with van der Waals surface area (Å²) in [6.45, 7) is 4.81. The maximum atomic E-state index is 12.3. The first-order valence-corrected chi connectivity index (χ1v) is 6.40. The van der Waals surface area contributed by atoms with Crippen LogP contribution in [0, 0.1) is 5.92 Å². The predicted molar refractivity (Wildman–Crippen MR) is 68.5 cm³/mol. The number of carbonyl (C=O) groups is 1. The molecule has 0 unspecified atom stereocenters. The van der Waals surface area contributed by atoms with E-state index in [9.17, 15) is 9.90 Å². The van der Waals surface area contributed by atoms with Gasteiger partial charge < -0.3 is 10.0 Å². The van der Waals surface area contributed by atoms with Gasteiger partial charge in [0.05, 0.1) is 10.6 Å². The first-order chi connectivity index (χ1) is 8.31. The van der Waals surface area contributed by atoms with Gasteiger partial charge in [-0.15, -0.1) is 0 Å². The van der Waals surface area contributed by atoms with Crippen molar-refractivity contribution >= 4 is 17.5 Å². The Morgan fingerprint density at radius 1 is 1.67 bits per heavy atom. The molecular weight excluding hydrogens is 254 g/mol. The van der Waals surface area contributed by atoms with Gasteiger partial charge in [0.2, 0.25) is 0 Å². The summed E-state index contributed by atoms with van der Waals surface area (Å²) in [5.41, 5.74) is -0.419. The van der Waals surface area contributed by atoms with Gasteiger partial charge in [0.25, 0.3) is 5.91 Å². The van der Waals surface area contributed by atoms with E-state index in [0.29, 0.717) is 24.5 Å². The number of rotatable bonds is 1. The van der Waals surface area contributed by atoms with Gasteiger partial charge >= 0.3 is 0 Å². The van der Waals surface area contributed by atoms with Crippen LogP contribution in [0.25, 0.3) is 0 Å². The van der Waals surface area contributed by atoms with E-state index in [-0.39, 0.29) is 17.5 Å². The van der Waals surface area contributed by atoms with E-state index in [0.717, 1.165) is 0 Å². The minimum Gasteiger partial charge on any atom is -0.390 e. The van der Waals surface area contributed by atoms with Crippen LogP contribution in [-0.2, 0) is 7.05 Å². The number of piperidine rings is 1. The van der Waals surface area contributed by atoms with Crippen LogP contribution < -0.4 is 0 Å². The van der Waals surface area contributed by atoms with Gasteiger partial charge in [0.15, 0.2) is 5.69 Å². The number of halogens is 1. The number of likely N-dealkylation sites (tertiary alicyclic amines) is 1. The first kappa shape index (κ1) is 13.4. The molecule has 5 nitrogen and oxygen atoms in total. The zero-order valence-corrected chi connectivity index (χ0v) is 11.6. The van der Waals surface area contributed by atoms with Crippen molar-refractivity contribution in [3.63, 3.8) is 0 Å². The monoisotopic (exact) mass is 271 g/mol. The second kappa shape index (κ2) is 4.55. The van der Waals surface area contributed by atoms with Crippen LogP contribution in [0.1, 0.15) is 30.8 Å². The molecule has 1 amide bonds. The predicted octanol–water partition coefficient (Wildman–Crippen LogP) is 1.31. The molecular formula is C12H18ClN3O2. The fourth-order valence-corrected chi connectivity index (χ4v) is 2.42. The quantitative estimate of drug-likeness (QED) is 0.838. The van der Waals surface area contributed by atoms with Crippen molar-refractivity contribution in [3.05, 3.63) is 16.9 Å². The molecule has 1 aromatic heterocycles. The fourth-order valence-electron chi connectivity index (χ4n) is 2.16. The topological polar surface area (TPSA) is 58.4 Å². The lowest BCUT2D eigenvalue weighted by atomic mass is 9.84. The van der Waals surface area contributed by atoms with Crippen LogP contribution in [0.5, 0.6) is 0 Å². The van der Waals surface area contributed by atoms with E-state index in [4.69, 9.17) is 11.6 Å².